The minimum Gasteiger partial charge on any atom is -0.381 e. The summed E-state index contributed by atoms with van der Waals surface area (Å²) in [5.74, 6) is 1.25. The van der Waals surface area contributed by atoms with Crippen LogP contribution in [0.1, 0.15) is 61.7 Å². The Balaban J connectivity index is 1.37. The van der Waals surface area contributed by atoms with Gasteiger partial charge in [0.25, 0.3) is 5.91 Å². The summed E-state index contributed by atoms with van der Waals surface area (Å²) in [5, 5.41) is 6.88. The molecular formula is C22H33N5O3. The molecule has 0 unspecified atom stereocenters. The van der Waals surface area contributed by atoms with Crippen LogP contribution in [0, 0.1) is 5.92 Å². The first-order valence-electron chi connectivity index (χ1n) is 11.3. The van der Waals surface area contributed by atoms with E-state index in [1.807, 2.05) is 11.0 Å². The lowest BCUT2D eigenvalue weighted by Gasteiger charge is -2.31. The molecule has 1 saturated carbocycles. The molecule has 2 saturated heterocycles. The number of amides is 2. The largest absolute Gasteiger partial charge is 0.381 e. The Morgan fingerprint density at radius 1 is 0.967 bits per heavy atom. The van der Waals surface area contributed by atoms with Crippen LogP contribution in [0.4, 0.5) is 11.6 Å². The molecule has 2 amide bonds. The van der Waals surface area contributed by atoms with E-state index in [0.29, 0.717) is 23.3 Å². The quantitative estimate of drug-likeness (QED) is 0.658. The van der Waals surface area contributed by atoms with Crippen molar-refractivity contribution in [3.05, 3.63) is 17.7 Å². The fraction of sp³-hybridized carbons (Fsp3) is 0.682. The number of hydrogen-bond acceptors (Lipinski definition) is 6. The maximum Gasteiger partial charge on any atom is 0.252 e. The Hall–Kier alpha value is -2.35. The third-order valence-corrected chi connectivity index (χ3v) is 6.57. The van der Waals surface area contributed by atoms with Crippen LogP contribution in [-0.4, -0.2) is 60.1 Å². The van der Waals surface area contributed by atoms with Gasteiger partial charge in [0, 0.05) is 44.3 Å². The van der Waals surface area contributed by atoms with E-state index in [2.05, 4.69) is 15.6 Å². The van der Waals surface area contributed by atoms with E-state index in [9.17, 15) is 9.59 Å². The lowest BCUT2D eigenvalue weighted by atomic mass is 9.85. The number of pyridine rings is 1. The monoisotopic (exact) mass is 415 g/mol. The molecule has 1 aromatic rings. The molecule has 2 aliphatic heterocycles. The lowest BCUT2D eigenvalue weighted by molar-refractivity contribution is -0.135. The summed E-state index contributed by atoms with van der Waals surface area (Å²) >= 11 is 0. The van der Waals surface area contributed by atoms with Gasteiger partial charge in [-0.15, -0.1) is 0 Å². The molecular weight excluding hydrogens is 382 g/mol. The van der Waals surface area contributed by atoms with Crippen molar-refractivity contribution in [1.29, 1.82) is 0 Å². The predicted molar refractivity (Wildman–Crippen MR) is 115 cm³/mol. The van der Waals surface area contributed by atoms with Gasteiger partial charge < -0.3 is 26.0 Å². The molecule has 0 bridgehead atoms. The van der Waals surface area contributed by atoms with Crippen molar-refractivity contribution in [1.82, 2.24) is 9.88 Å². The second kappa shape index (κ2) is 9.64. The summed E-state index contributed by atoms with van der Waals surface area (Å²) < 4.78 is 5.41. The fourth-order valence-electron chi connectivity index (χ4n) is 4.77. The van der Waals surface area contributed by atoms with Gasteiger partial charge in [-0.05, 0) is 63.5 Å². The van der Waals surface area contributed by atoms with Crippen molar-refractivity contribution < 1.29 is 14.3 Å². The van der Waals surface area contributed by atoms with Crippen molar-refractivity contribution in [2.75, 3.05) is 36.9 Å². The van der Waals surface area contributed by atoms with E-state index in [0.717, 1.165) is 83.5 Å². The SMILES string of the molecule is NC(=O)c1ccc(NC2CCOCC2)nc1NC1CCC(C(=O)N2CCCC2)CC1. The molecule has 4 N–H and O–H groups in total. The van der Waals surface area contributed by atoms with E-state index in [1.165, 1.54) is 0 Å². The highest BCUT2D eigenvalue weighted by Crippen LogP contribution is 2.30. The number of ether oxygens (including phenoxy) is 1. The third kappa shape index (κ3) is 5.03. The van der Waals surface area contributed by atoms with Crippen LogP contribution in [0.2, 0.25) is 0 Å². The molecule has 0 atom stereocenters. The second-order valence-electron chi connectivity index (χ2n) is 8.71. The highest BCUT2D eigenvalue weighted by atomic mass is 16.5. The lowest BCUT2D eigenvalue weighted by Crippen LogP contribution is -2.38. The van der Waals surface area contributed by atoms with Crippen LogP contribution in [0.3, 0.4) is 0 Å². The van der Waals surface area contributed by atoms with E-state index in [-0.39, 0.29) is 12.0 Å². The van der Waals surface area contributed by atoms with E-state index in [1.54, 1.807) is 6.07 Å². The van der Waals surface area contributed by atoms with Crippen LogP contribution in [-0.2, 0) is 9.53 Å². The van der Waals surface area contributed by atoms with Gasteiger partial charge in [-0.2, -0.15) is 0 Å². The number of carbonyl (C=O) groups is 2. The summed E-state index contributed by atoms with van der Waals surface area (Å²) in [4.78, 5) is 31.3. The number of carbonyl (C=O) groups excluding carboxylic acids is 2. The predicted octanol–water partition coefficient (Wildman–Crippen LogP) is 2.36. The summed E-state index contributed by atoms with van der Waals surface area (Å²) in [6.07, 6.45) is 7.67. The Morgan fingerprint density at radius 3 is 2.30 bits per heavy atom. The first kappa shape index (κ1) is 20.9. The van der Waals surface area contributed by atoms with Crippen molar-refractivity contribution in [3.63, 3.8) is 0 Å². The van der Waals surface area contributed by atoms with Crippen LogP contribution in [0.5, 0.6) is 0 Å². The number of nitrogens with zero attached hydrogens (tertiary/aromatic N) is 2. The summed E-state index contributed by atoms with van der Waals surface area (Å²) in [6, 6.07) is 4.07. The van der Waals surface area contributed by atoms with Gasteiger partial charge >= 0.3 is 0 Å². The minimum atomic E-state index is -0.486. The molecule has 1 aromatic heterocycles. The number of rotatable bonds is 6. The van der Waals surface area contributed by atoms with Gasteiger partial charge in [0.1, 0.15) is 11.6 Å². The number of anilines is 2. The van der Waals surface area contributed by atoms with Gasteiger partial charge in [0.2, 0.25) is 5.91 Å². The normalized spacial score (nSPS) is 25.1. The van der Waals surface area contributed by atoms with Crippen molar-refractivity contribution in [2.45, 2.75) is 63.5 Å². The molecule has 4 rings (SSSR count). The van der Waals surface area contributed by atoms with Gasteiger partial charge in [-0.3, -0.25) is 9.59 Å². The molecule has 0 spiro atoms. The Morgan fingerprint density at radius 2 is 1.63 bits per heavy atom. The Kier molecular flexibility index (Phi) is 6.72. The van der Waals surface area contributed by atoms with Crippen LogP contribution in [0.15, 0.2) is 12.1 Å². The number of primary amides is 1. The zero-order chi connectivity index (χ0) is 20.9. The van der Waals surface area contributed by atoms with Crippen molar-refractivity contribution in [2.24, 2.45) is 11.7 Å². The molecule has 3 fully saturated rings. The van der Waals surface area contributed by atoms with Crippen LogP contribution in [0.25, 0.3) is 0 Å². The Labute approximate surface area is 177 Å². The maximum atomic E-state index is 12.7. The third-order valence-electron chi connectivity index (χ3n) is 6.57. The zero-order valence-electron chi connectivity index (χ0n) is 17.6. The number of likely N-dealkylation sites (tertiary alicyclic amines) is 1. The van der Waals surface area contributed by atoms with Crippen molar-refractivity contribution in [3.8, 4) is 0 Å². The first-order chi connectivity index (χ1) is 14.6. The number of hydrogen-bond donors (Lipinski definition) is 3. The molecule has 164 valence electrons. The first-order valence-corrected chi connectivity index (χ1v) is 11.3. The highest BCUT2D eigenvalue weighted by molar-refractivity contribution is 5.97. The second-order valence-corrected chi connectivity index (χ2v) is 8.71. The topological polar surface area (TPSA) is 110 Å². The molecule has 0 aromatic carbocycles. The zero-order valence-corrected chi connectivity index (χ0v) is 17.6. The Bertz CT molecular complexity index is 751. The summed E-state index contributed by atoms with van der Waals surface area (Å²) in [7, 11) is 0. The van der Waals surface area contributed by atoms with E-state index >= 15 is 0 Å². The average molecular weight is 416 g/mol. The summed E-state index contributed by atoms with van der Waals surface area (Å²) in [6.45, 7) is 3.33. The van der Waals surface area contributed by atoms with Gasteiger partial charge in [-0.1, -0.05) is 0 Å². The van der Waals surface area contributed by atoms with Gasteiger partial charge in [-0.25, -0.2) is 4.98 Å². The number of nitrogens with two attached hydrogens (primary N) is 1. The smallest absolute Gasteiger partial charge is 0.252 e. The number of nitrogens with one attached hydrogen (secondary N) is 2. The molecule has 3 heterocycles. The van der Waals surface area contributed by atoms with Gasteiger partial charge in [0.15, 0.2) is 0 Å². The standard InChI is InChI=1S/C22H33N5O3/c23-20(28)18-7-8-19(24-17-9-13-30-14-10-17)26-21(18)25-16-5-3-15(4-6-16)22(29)27-11-1-2-12-27/h7-8,15-17H,1-6,9-14H2,(H2,23,28)(H2,24,25,26). The molecule has 0 radical (unpaired) electrons. The fourth-order valence-corrected chi connectivity index (χ4v) is 4.77. The average Bonchev–Trinajstić information content (AvgIpc) is 3.29. The minimum absolute atomic E-state index is 0.131. The highest BCUT2D eigenvalue weighted by Gasteiger charge is 2.31. The van der Waals surface area contributed by atoms with Crippen LogP contribution < -0.4 is 16.4 Å². The summed E-state index contributed by atoms with van der Waals surface area (Å²) in [5.41, 5.74) is 5.98. The maximum absolute atomic E-state index is 12.7. The van der Waals surface area contributed by atoms with E-state index < -0.39 is 5.91 Å². The van der Waals surface area contributed by atoms with Gasteiger partial charge in [0.05, 0.1) is 5.56 Å². The molecule has 3 aliphatic rings. The van der Waals surface area contributed by atoms with Crippen LogP contribution >= 0.6 is 0 Å². The van der Waals surface area contributed by atoms with Crippen molar-refractivity contribution >= 4 is 23.5 Å². The number of aromatic nitrogens is 1. The van der Waals surface area contributed by atoms with E-state index in [4.69, 9.17) is 10.5 Å². The molecule has 30 heavy (non-hydrogen) atoms. The molecule has 8 nitrogen and oxygen atoms in total. The molecule has 1 aliphatic carbocycles. The molecule has 8 heteroatoms.